The third-order valence-electron chi connectivity index (χ3n) is 3.85. The van der Waals surface area contributed by atoms with Gasteiger partial charge in [0.1, 0.15) is 5.75 Å². The molecule has 1 heterocycles. The zero-order valence-electron chi connectivity index (χ0n) is 13.4. The van der Waals surface area contributed by atoms with Gasteiger partial charge in [-0.2, -0.15) is 0 Å². The largest absolute Gasteiger partial charge is 0.479 e. The number of carbonyl (C=O) groups is 2. The molecule has 124 valence electrons. The SMILES string of the molecule is CCN1C(=O)C(C)Oc2ccc(NC(=O)c3ccc(Br)cc3)cc21. The van der Waals surface area contributed by atoms with E-state index in [1.807, 2.05) is 19.1 Å². The summed E-state index contributed by atoms with van der Waals surface area (Å²) in [5.74, 6) is 0.355. The number of nitrogens with one attached hydrogen (secondary N) is 1. The molecule has 1 aliphatic rings. The van der Waals surface area contributed by atoms with Crippen LogP contribution in [0.5, 0.6) is 5.75 Å². The van der Waals surface area contributed by atoms with Crippen LogP contribution in [-0.2, 0) is 4.79 Å². The lowest BCUT2D eigenvalue weighted by atomic mass is 10.1. The zero-order chi connectivity index (χ0) is 17.3. The average Bonchev–Trinajstić information content (AvgIpc) is 2.57. The molecule has 0 saturated heterocycles. The Labute approximate surface area is 148 Å². The molecule has 6 heteroatoms. The van der Waals surface area contributed by atoms with Gasteiger partial charge in [0.2, 0.25) is 0 Å². The van der Waals surface area contributed by atoms with E-state index in [-0.39, 0.29) is 11.8 Å². The van der Waals surface area contributed by atoms with Gasteiger partial charge in [0.25, 0.3) is 11.8 Å². The van der Waals surface area contributed by atoms with Crippen molar-refractivity contribution in [2.45, 2.75) is 20.0 Å². The van der Waals surface area contributed by atoms with Crippen LogP contribution < -0.4 is 15.0 Å². The van der Waals surface area contributed by atoms with Crippen molar-refractivity contribution < 1.29 is 14.3 Å². The maximum atomic E-state index is 12.3. The number of benzene rings is 2. The van der Waals surface area contributed by atoms with Crippen LogP contribution in [-0.4, -0.2) is 24.5 Å². The highest BCUT2D eigenvalue weighted by Crippen LogP contribution is 2.36. The summed E-state index contributed by atoms with van der Waals surface area (Å²) in [4.78, 5) is 26.2. The van der Waals surface area contributed by atoms with Crippen molar-refractivity contribution in [1.82, 2.24) is 0 Å². The second-order valence-electron chi connectivity index (χ2n) is 5.49. The van der Waals surface area contributed by atoms with Gasteiger partial charge in [-0.15, -0.1) is 0 Å². The van der Waals surface area contributed by atoms with Gasteiger partial charge in [-0.25, -0.2) is 0 Å². The van der Waals surface area contributed by atoms with Crippen molar-refractivity contribution in [3.05, 3.63) is 52.5 Å². The van der Waals surface area contributed by atoms with Gasteiger partial charge in [0.15, 0.2) is 6.10 Å². The molecule has 2 aromatic carbocycles. The number of ether oxygens (including phenoxy) is 1. The molecule has 0 fully saturated rings. The second-order valence-corrected chi connectivity index (χ2v) is 6.40. The predicted molar refractivity (Wildman–Crippen MR) is 96.7 cm³/mol. The summed E-state index contributed by atoms with van der Waals surface area (Å²) in [7, 11) is 0. The number of hydrogen-bond donors (Lipinski definition) is 1. The Morgan fingerprint density at radius 3 is 2.62 bits per heavy atom. The molecule has 24 heavy (non-hydrogen) atoms. The predicted octanol–water partition coefficient (Wildman–Crippen LogP) is 3.84. The molecule has 2 amide bonds. The van der Waals surface area contributed by atoms with E-state index in [0.29, 0.717) is 29.2 Å². The molecule has 1 atom stereocenters. The fraction of sp³-hybridized carbons (Fsp3) is 0.222. The van der Waals surface area contributed by atoms with Crippen molar-refractivity contribution in [1.29, 1.82) is 0 Å². The van der Waals surface area contributed by atoms with E-state index in [1.165, 1.54) is 0 Å². The first kappa shape index (κ1) is 16.5. The van der Waals surface area contributed by atoms with Gasteiger partial charge in [-0.3, -0.25) is 9.59 Å². The number of rotatable bonds is 3. The van der Waals surface area contributed by atoms with E-state index < -0.39 is 6.10 Å². The van der Waals surface area contributed by atoms with Crippen LogP contribution in [0, 0.1) is 0 Å². The second kappa shape index (κ2) is 6.65. The summed E-state index contributed by atoms with van der Waals surface area (Å²) in [6.45, 7) is 4.19. The quantitative estimate of drug-likeness (QED) is 0.868. The van der Waals surface area contributed by atoms with Crippen LogP contribution in [0.4, 0.5) is 11.4 Å². The minimum absolute atomic E-state index is 0.0820. The lowest BCUT2D eigenvalue weighted by molar-refractivity contribution is -0.125. The van der Waals surface area contributed by atoms with Gasteiger partial charge in [0, 0.05) is 22.3 Å². The van der Waals surface area contributed by atoms with Crippen molar-refractivity contribution >= 4 is 39.1 Å². The first-order valence-corrected chi connectivity index (χ1v) is 8.48. The van der Waals surface area contributed by atoms with Crippen molar-refractivity contribution in [2.24, 2.45) is 0 Å². The summed E-state index contributed by atoms with van der Waals surface area (Å²) in [6, 6.07) is 12.4. The van der Waals surface area contributed by atoms with Crippen LogP contribution in [0.3, 0.4) is 0 Å². The van der Waals surface area contributed by atoms with Crippen LogP contribution >= 0.6 is 15.9 Å². The first-order valence-electron chi connectivity index (χ1n) is 7.68. The molecule has 1 N–H and O–H groups in total. The number of fused-ring (bicyclic) bond motifs is 1. The normalized spacial score (nSPS) is 16.4. The fourth-order valence-electron chi connectivity index (χ4n) is 2.62. The van der Waals surface area contributed by atoms with Crippen LogP contribution in [0.25, 0.3) is 0 Å². The molecule has 0 saturated carbocycles. The minimum Gasteiger partial charge on any atom is -0.479 e. The highest BCUT2D eigenvalue weighted by atomic mass is 79.9. The smallest absolute Gasteiger partial charge is 0.267 e. The number of anilines is 2. The Kier molecular flexibility index (Phi) is 4.57. The molecule has 5 nitrogen and oxygen atoms in total. The number of carbonyl (C=O) groups excluding carboxylic acids is 2. The molecule has 2 aromatic rings. The summed E-state index contributed by atoms with van der Waals surface area (Å²) in [5.41, 5.74) is 1.85. The van der Waals surface area contributed by atoms with E-state index in [1.54, 1.807) is 42.2 Å². The Morgan fingerprint density at radius 1 is 1.25 bits per heavy atom. The van der Waals surface area contributed by atoms with Gasteiger partial charge >= 0.3 is 0 Å². The Hall–Kier alpha value is -2.34. The number of likely N-dealkylation sites (N-methyl/N-ethyl adjacent to an activating group) is 1. The van der Waals surface area contributed by atoms with Crippen LogP contribution in [0.1, 0.15) is 24.2 Å². The van der Waals surface area contributed by atoms with Gasteiger partial charge in [0.05, 0.1) is 5.69 Å². The summed E-state index contributed by atoms with van der Waals surface area (Å²) < 4.78 is 6.54. The summed E-state index contributed by atoms with van der Waals surface area (Å²) in [5, 5.41) is 2.85. The maximum absolute atomic E-state index is 12.3. The summed E-state index contributed by atoms with van der Waals surface area (Å²) in [6.07, 6.45) is -0.499. The molecule has 3 rings (SSSR count). The van der Waals surface area contributed by atoms with Crippen LogP contribution in [0.15, 0.2) is 46.9 Å². The van der Waals surface area contributed by atoms with E-state index >= 15 is 0 Å². The van der Waals surface area contributed by atoms with Gasteiger partial charge in [-0.1, -0.05) is 15.9 Å². The fourth-order valence-corrected chi connectivity index (χ4v) is 2.88. The van der Waals surface area contributed by atoms with E-state index in [2.05, 4.69) is 21.2 Å². The van der Waals surface area contributed by atoms with Gasteiger partial charge in [-0.05, 0) is 56.3 Å². The first-order chi connectivity index (χ1) is 11.5. The Bertz CT molecular complexity index is 789. The monoisotopic (exact) mass is 388 g/mol. The highest BCUT2D eigenvalue weighted by molar-refractivity contribution is 9.10. The van der Waals surface area contributed by atoms with Crippen LogP contribution in [0.2, 0.25) is 0 Å². The van der Waals surface area contributed by atoms with Gasteiger partial charge < -0.3 is 15.0 Å². The average molecular weight is 389 g/mol. The molecule has 0 aromatic heterocycles. The van der Waals surface area contributed by atoms with Crippen molar-refractivity contribution in [3.8, 4) is 5.75 Å². The maximum Gasteiger partial charge on any atom is 0.267 e. The molecule has 1 aliphatic heterocycles. The molecule has 1 unspecified atom stereocenters. The molecule has 0 bridgehead atoms. The highest BCUT2D eigenvalue weighted by Gasteiger charge is 2.30. The lowest BCUT2D eigenvalue weighted by Crippen LogP contribution is -2.44. The number of amides is 2. The van der Waals surface area contributed by atoms with E-state index in [9.17, 15) is 9.59 Å². The molecule has 0 radical (unpaired) electrons. The molecular formula is C18H17BrN2O3. The zero-order valence-corrected chi connectivity index (χ0v) is 15.0. The molecule has 0 spiro atoms. The topological polar surface area (TPSA) is 58.6 Å². The standard InChI is InChI=1S/C18H17BrN2O3/c1-3-21-15-10-14(8-9-16(15)24-11(2)18(21)23)20-17(22)12-4-6-13(19)7-5-12/h4-11H,3H2,1-2H3,(H,20,22). The van der Waals surface area contributed by atoms with E-state index in [4.69, 9.17) is 4.74 Å². The van der Waals surface area contributed by atoms with E-state index in [0.717, 1.165) is 4.47 Å². The summed E-state index contributed by atoms with van der Waals surface area (Å²) >= 11 is 3.34. The number of nitrogens with zero attached hydrogens (tertiary/aromatic N) is 1. The third-order valence-corrected chi connectivity index (χ3v) is 4.38. The molecular weight excluding hydrogens is 372 g/mol. The van der Waals surface area contributed by atoms with Crippen molar-refractivity contribution in [3.63, 3.8) is 0 Å². The molecule has 0 aliphatic carbocycles. The Morgan fingerprint density at radius 2 is 1.96 bits per heavy atom. The third kappa shape index (κ3) is 3.14. The van der Waals surface area contributed by atoms with Crippen molar-refractivity contribution in [2.75, 3.05) is 16.8 Å². The number of halogens is 1. The Balaban J connectivity index is 1.86. The minimum atomic E-state index is -0.499. The number of hydrogen-bond acceptors (Lipinski definition) is 3. The lowest BCUT2D eigenvalue weighted by Gasteiger charge is -2.32.